The molecular weight excluding hydrogens is 322 g/mol. The molecule has 120 valence electrons. The van der Waals surface area contributed by atoms with E-state index in [9.17, 15) is 13.6 Å². The van der Waals surface area contributed by atoms with Crippen molar-refractivity contribution in [2.24, 2.45) is 0 Å². The van der Waals surface area contributed by atoms with Gasteiger partial charge >= 0.3 is 0 Å². The molecule has 6 heteroatoms. The molecule has 2 aromatic carbocycles. The summed E-state index contributed by atoms with van der Waals surface area (Å²) in [7, 11) is 0. The van der Waals surface area contributed by atoms with Crippen LogP contribution in [0.3, 0.4) is 0 Å². The molecule has 1 amide bonds. The van der Waals surface area contributed by atoms with Crippen LogP contribution in [0.1, 0.15) is 10.4 Å². The van der Waals surface area contributed by atoms with Gasteiger partial charge in [0.15, 0.2) is 0 Å². The summed E-state index contributed by atoms with van der Waals surface area (Å²) in [6.45, 7) is 1.79. The first kappa shape index (κ1) is 15.7. The number of halogens is 3. The number of hydrogen-bond acceptors (Lipinski definition) is 2. The molecule has 0 spiro atoms. The lowest BCUT2D eigenvalue weighted by Gasteiger charge is -2.36. The Kier molecular flexibility index (Phi) is 4.48. The van der Waals surface area contributed by atoms with Crippen molar-refractivity contribution < 1.29 is 13.6 Å². The molecule has 0 saturated carbocycles. The van der Waals surface area contributed by atoms with E-state index in [4.69, 9.17) is 11.6 Å². The molecule has 1 fully saturated rings. The quantitative estimate of drug-likeness (QED) is 0.837. The molecular formula is C17H15ClF2N2O. The Morgan fingerprint density at radius 2 is 1.65 bits per heavy atom. The van der Waals surface area contributed by atoms with Gasteiger partial charge in [-0.15, -0.1) is 0 Å². The Balaban J connectivity index is 1.70. The van der Waals surface area contributed by atoms with Crippen LogP contribution in [0.2, 0.25) is 5.02 Å². The Morgan fingerprint density at radius 3 is 2.35 bits per heavy atom. The van der Waals surface area contributed by atoms with Gasteiger partial charge in [0, 0.05) is 31.2 Å². The minimum atomic E-state index is -0.587. The van der Waals surface area contributed by atoms with Crippen LogP contribution in [0, 0.1) is 11.6 Å². The molecule has 1 aliphatic heterocycles. The summed E-state index contributed by atoms with van der Waals surface area (Å²) in [4.78, 5) is 15.9. The normalized spacial score (nSPS) is 14.9. The molecule has 0 aromatic heterocycles. The monoisotopic (exact) mass is 336 g/mol. The zero-order valence-corrected chi connectivity index (χ0v) is 13.1. The van der Waals surface area contributed by atoms with Gasteiger partial charge in [-0.3, -0.25) is 4.79 Å². The van der Waals surface area contributed by atoms with Gasteiger partial charge in [-0.1, -0.05) is 23.7 Å². The zero-order valence-electron chi connectivity index (χ0n) is 12.3. The number of para-hydroxylation sites is 1. The Bertz CT molecular complexity index is 730. The fourth-order valence-corrected chi connectivity index (χ4v) is 2.86. The second kappa shape index (κ2) is 6.54. The van der Waals surface area contributed by atoms with Crippen molar-refractivity contribution in [1.29, 1.82) is 0 Å². The molecule has 0 aliphatic carbocycles. The number of carbonyl (C=O) groups is 1. The van der Waals surface area contributed by atoms with Crippen LogP contribution in [-0.2, 0) is 0 Å². The van der Waals surface area contributed by atoms with Gasteiger partial charge in [0.1, 0.15) is 11.6 Å². The SMILES string of the molecule is O=C(c1cc(Cl)ccc1F)N1CCN(c2ccccc2F)CC1. The van der Waals surface area contributed by atoms with Crippen molar-refractivity contribution in [2.45, 2.75) is 0 Å². The summed E-state index contributed by atoms with van der Waals surface area (Å²) in [5, 5.41) is 0.319. The number of carbonyl (C=O) groups excluding carboxylic acids is 1. The van der Waals surface area contributed by atoms with E-state index in [0.717, 1.165) is 0 Å². The fourth-order valence-electron chi connectivity index (χ4n) is 2.69. The van der Waals surface area contributed by atoms with Crippen molar-refractivity contribution >= 4 is 23.2 Å². The number of benzene rings is 2. The Hall–Kier alpha value is -2.14. The minimum absolute atomic E-state index is 0.0307. The van der Waals surface area contributed by atoms with Gasteiger partial charge in [-0.2, -0.15) is 0 Å². The van der Waals surface area contributed by atoms with Gasteiger partial charge in [-0.25, -0.2) is 8.78 Å². The number of anilines is 1. The van der Waals surface area contributed by atoms with Crippen molar-refractivity contribution in [3.8, 4) is 0 Å². The average molecular weight is 337 g/mol. The van der Waals surface area contributed by atoms with E-state index in [1.165, 1.54) is 24.3 Å². The molecule has 0 bridgehead atoms. The molecule has 3 rings (SSSR count). The Labute approximate surface area is 138 Å². The van der Waals surface area contributed by atoms with E-state index in [1.807, 2.05) is 4.90 Å². The maximum absolute atomic E-state index is 13.8. The van der Waals surface area contributed by atoms with Crippen LogP contribution < -0.4 is 4.90 Å². The van der Waals surface area contributed by atoms with Gasteiger partial charge in [-0.05, 0) is 30.3 Å². The number of hydrogen-bond donors (Lipinski definition) is 0. The smallest absolute Gasteiger partial charge is 0.257 e. The predicted molar refractivity (Wildman–Crippen MR) is 85.9 cm³/mol. The highest BCUT2D eigenvalue weighted by atomic mass is 35.5. The first-order valence-electron chi connectivity index (χ1n) is 7.30. The van der Waals surface area contributed by atoms with Crippen molar-refractivity contribution in [1.82, 2.24) is 4.90 Å². The maximum Gasteiger partial charge on any atom is 0.257 e. The van der Waals surface area contributed by atoms with Crippen LogP contribution in [0.25, 0.3) is 0 Å². The summed E-state index contributed by atoms with van der Waals surface area (Å²) in [6, 6.07) is 10.5. The van der Waals surface area contributed by atoms with Crippen LogP contribution in [0.4, 0.5) is 14.5 Å². The minimum Gasteiger partial charge on any atom is -0.366 e. The van der Waals surface area contributed by atoms with Crippen molar-refractivity contribution in [3.63, 3.8) is 0 Å². The lowest BCUT2D eigenvalue weighted by molar-refractivity contribution is 0.0742. The van der Waals surface area contributed by atoms with E-state index in [2.05, 4.69) is 0 Å². The standard InChI is InChI=1S/C17H15ClF2N2O/c18-12-5-6-14(19)13(11-12)17(23)22-9-7-21(8-10-22)16-4-2-1-3-15(16)20/h1-6,11H,7-10H2. The first-order chi connectivity index (χ1) is 11.1. The van der Waals surface area contributed by atoms with Gasteiger partial charge in [0.2, 0.25) is 0 Å². The number of amides is 1. The van der Waals surface area contributed by atoms with Crippen LogP contribution in [-0.4, -0.2) is 37.0 Å². The second-order valence-electron chi connectivity index (χ2n) is 5.35. The van der Waals surface area contributed by atoms with Crippen molar-refractivity contribution in [3.05, 3.63) is 64.7 Å². The largest absolute Gasteiger partial charge is 0.366 e. The van der Waals surface area contributed by atoms with Gasteiger partial charge in [0.25, 0.3) is 5.91 Å². The first-order valence-corrected chi connectivity index (χ1v) is 7.68. The summed E-state index contributed by atoms with van der Waals surface area (Å²) in [5.74, 6) is -1.26. The lowest BCUT2D eigenvalue weighted by Crippen LogP contribution is -2.49. The molecule has 0 radical (unpaired) electrons. The zero-order chi connectivity index (χ0) is 16.4. The van der Waals surface area contributed by atoms with E-state index in [-0.39, 0.29) is 11.4 Å². The average Bonchev–Trinajstić information content (AvgIpc) is 2.57. The summed E-state index contributed by atoms with van der Waals surface area (Å²) >= 11 is 5.83. The van der Waals surface area contributed by atoms with Crippen LogP contribution in [0.5, 0.6) is 0 Å². The van der Waals surface area contributed by atoms with E-state index < -0.39 is 11.7 Å². The maximum atomic E-state index is 13.8. The molecule has 1 heterocycles. The highest BCUT2D eigenvalue weighted by Crippen LogP contribution is 2.22. The molecule has 23 heavy (non-hydrogen) atoms. The number of piperazine rings is 1. The third-order valence-electron chi connectivity index (χ3n) is 3.92. The third-order valence-corrected chi connectivity index (χ3v) is 4.15. The molecule has 2 aromatic rings. The summed E-state index contributed by atoms with van der Waals surface area (Å²) in [6.07, 6.45) is 0. The molecule has 1 aliphatic rings. The highest BCUT2D eigenvalue weighted by molar-refractivity contribution is 6.31. The molecule has 0 unspecified atom stereocenters. The molecule has 0 N–H and O–H groups in total. The molecule has 3 nitrogen and oxygen atoms in total. The third kappa shape index (κ3) is 3.29. The summed E-state index contributed by atoms with van der Waals surface area (Å²) in [5.41, 5.74) is 0.491. The number of nitrogens with zero attached hydrogens (tertiary/aromatic N) is 2. The molecule has 1 saturated heterocycles. The van der Waals surface area contributed by atoms with E-state index in [1.54, 1.807) is 23.1 Å². The van der Waals surface area contributed by atoms with E-state index >= 15 is 0 Å². The highest BCUT2D eigenvalue weighted by Gasteiger charge is 2.25. The predicted octanol–water partition coefficient (Wildman–Crippen LogP) is 3.58. The molecule has 0 atom stereocenters. The van der Waals surface area contributed by atoms with Crippen molar-refractivity contribution in [2.75, 3.05) is 31.1 Å². The van der Waals surface area contributed by atoms with Crippen LogP contribution in [0.15, 0.2) is 42.5 Å². The Morgan fingerprint density at radius 1 is 0.957 bits per heavy atom. The van der Waals surface area contributed by atoms with E-state index in [0.29, 0.717) is 36.9 Å². The van der Waals surface area contributed by atoms with Gasteiger partial charge < -0.3 is 9.80 Å². The lowest BCUT2D eigenvalue weighted by atomic mass is 10.1. The second-order valence-corrected chi connectivity index (χ2v) is 5.79. The fraction of sp³-hybridized carbons (Fsp3) is 0.235. The van der Waals surface area contributed by atoms with Crippen LogP contribution >= 0.6 is 11.6 Å². The summed E-state index contributed by atoms with van der Waals surface area (Å²) < 4.78 is 27.6. The van der Waals surface area contributed by atoms with Gasteiger partial charge in [0.05, 0.1) is 11.3 Å². The number of rotatable bonds is 2. The topological polar surface area (TPSA) is 23.6 Å².